The van der Waals surface area contributed by atoms with Crippen LogP contribution in [0.1, 0.15) is 38.4 Å². The average Bonchev–Trinajstić information content (AvgIpc) is 2.70. The molecule has 0 aromatic carbocycles. The second-order valence-electron chi connectivity index (χ2n) is 4.83. The SMILES string of the molecule is CC(C)n1ccc(CN2CCC(Br)CC2)n1. The normalized spacial score (nSPS) is 19.5. The number of alkyl halides is 1. The Kier molecular flexibility index (Phi) is 4.03. The van der Waals surface area contributed by atoms with Crippen molar-refractivity contribution in [3.63, 3.8) is 0 Å². The first-order valence-corrected chi connectivity index (χ1v) is 6.97. The molecule has 1 aromatic rings. The summed E-state index contributed by atoms with van der Waals surface area (Å²) in [6.07, 6.45) is 4.59. The number of hydrogen-bond donors (Lipinski definition) is 0. The topological polar surface area (TPSA) is 21.1 Å². The molecular weight excluding hydrogens is 266 g/mol. The number of halogens is 1. The minimum absolute atomic E-state index is 0.460. The van der Waals surface area contributed by atoms with Gasteiger partial charge in [-0.15, -0.1) is 0 Å². The number of piperidine rings is 1. The van der Waals surface area contributed by atoms with Crippen LogP contribution >= 0.6 is 15.9 Å². The van der Waals surface area contributed by atoms with E-state index >= 15 is 0 Å². The molecule has 0 bridgehead atoms. The fraction of sp³-hybridized carbons (Fsp3) is 0.750. The van der Waals surface area contributed by atoms with E-state index in [-0.39, 0.29) is 0 Å². The van der Waals surface area contributed by atoms with Crippen LogP contribution in [0.5, 0.6) is 0 Å². The summed E-state index contributed by atoms with van der Waals surface area (Å²) in [6.45, 7) is 7.69. The maximum absolute atomic E-state index is 4.59. The van der Waals surface area contributed by atoms with Gasteiger partial charge in [0.15, 0.2) is 0 Å². The molecule has 16 heavy (non-hydrogen) atoms. The third kappa shape index (κ3) is 3.08. The maximum atomic E-state index is 4.59. The van der Waals surface area contributed by atoms with E-state index in [0.29, 0.717) is 6.04 Å². The summed E-state index contributed by atoms with van der Waals surface area (Å²) in [5, 5.41) is 4.59. The molecule has 1 aliphatic heterocycles. The molecule has 0 N–H and O–H groups in total. The van der Waals surface area contributed by atoms with Crippen LogP contribution in [-0.4, -0.2) is 32.6 Å². The van der Waals surface area contributed by atoms with E-state index in [0.717, 1.165) is 11.4 Å². The van der Waals surface area contributed by atoms with E-state index in [9.17, 15) is 0 Å². The van der Waals surface area contributed by atoms with Crippen molar-refractivity contribution in [3.05, 3.63) is 18.0 Å². The van der Waals surface area contributed by atoms with Gasteiger partial charge in [0.05, 0.1) is 5.69 Å². The lowest BCUT2D eigenvalue weighted by atomic mass is 10.1. The highest BCUT2D eigenvalue weighted by molar-refractivity contribution is 9.09. The lowest BCUT2D eigenvalue weighted by Gasteiger charge is -2.28. The van der Waals surface area contributed by atoms with Crippen molar-refractivity contribution in [2.75, 3.05) is 13.1 Å². The lowest BCUT2D eigenvalue weighted by molar-refractivity contribution is 0.223. The Hall–Kier alpha value is -0.350. The molecule has 0 spiro atoms. The molecule has 0 atom stereocenters. The van der Waals surface area contributed by atoms with Gasteiger partial charge in [-0.25, -0.2) is 0 Å². The molecule has 0 amide bonds. The highest BCUT2D eigenvalue weighted by Crippen LogP contribution is 2.18. The maximum Gasteiger partial charge on any atom is 0.0764 e. The zero-order valence-electron chi connectivity index (χ0n) is 10.1. The van der Waals surface area contributed by atoms with Crippen LogP contribution in [0.2, 0.25) is 0 Å². The lowest BCUT2D eigenvalue weighted by Crippen LogP contribution is -2.33. The van der Waals surface area contributed by atoms with E-state index in [2.05, 4.69) is 52.0 Å². The molecule has 90 valence electrons. The van der Waals surface area contributed by atoms with Gasteiger partial charge < -0.3 is 0 Å². The first-order chi connectivity index (χ1) is 7.65. The molecular formula is C12H20BrN3. The van der Waals surface area contributed by atoms with E-state index in [4.69, 9.17) is 0 Å². The van der Waals surface area contributed by atoms with Crippen LogP contribution in [0.15, 0.2) is 12.3 Å². The quantitative estimate of drug-likeness (QED) is 0.797. The average molecular weight is 286 g/mol. The first-order valence-electron chi connectivity index (χ1n) is 6.05. The van der Waals surface area contributed by atoms with Gasteiger partial charge in [-0.05, 0) is 45.8 Å². The first kappa shape index (κ1) is 12.1. The summed E-state index contributed by atoms with van der Waals surface area (Å²) in [5.41, 5.74) is 1.20. The molecule has 0 saturated carbocycles. The van der Waals surface area contributed by atoms with Gasteiger partial charge in [0, 0.05) is 23.6 Å². The summed E-state index contributed by atoms with van der Waals surface area (Å²) in [5.74, 6) is 0. The van der Waals surface area contributed by atoms with Crippen molar-refractivity contribution in [2.45, 2.75) is 44.1 Å². The van der Waals surface area contributed by atoms with Gasteiger partial charge in [0.2, 0.25) is 0 Å². The zero-order valence-corrected chi connectivity index (χ0v) is 11.7. The Morgan fingerprint density at radius 2 is 2.12 bits per heavy atom. The largest absolute Gasteiger partial charge is 0.297 e. The van der Waals surface area contributed by atoms with Crippen molar-refractivity contribution in [3.8, 4) is 0 Å². The number of hydrogen-bond acceptors (Lipinski definition) is 2. The van der Waals surface area contributed by atoms with Gasteiger partial charge in [0.25, 0.3) is 0 Å². The second kappa shape index (κ2) is 5.32. The van der Waals surface area contributed by atoms with Crippen molar-refractivity contribution < 1.29 is 0 Å². The minimum Gasteiger partial charge on any atom is -0.297 e. The molecule has 4 heteroatoms. The molecule has 2 heterocycles. The van der Waals surface area contributed by atoms with E-state index in [1.807, 2.05) is 4.68 Å². The fourth-order valence-corrected chi connectivity index (χ4v) is 2.45. The van der Waals surface area contributed by atoms with Gasteiger partial charge in [0.1, 0.15) is 0 Å². The third-order valence-corrected chi connectivity index (χ3v) is 4.01. The molecule has 1 saturated heterocycles. The monoisotopic (exact) mass is 285 g/mol. The Morgan fingerprint density at radius 1 is 1.44 bits per heavy atom. The molecule has 3 nitrogen and oxygen atoms in total. The molecule has 0 aliphatic carbocycles. The molecule has 1 fully saturated rings. The van der Waals surface area contributed by atoms with Crippen LogP contribution in [0.4, 0.5) is 0 Å². The Bertz CT molecular complexity index is 327. The van der Waals surface area contributed by atoms with E-state index < -0.39 is 0 Å². The van der Waals surface area contributed by atoms with E-state index in [1.54, 1.807) is 0 Å². The molecule has 2 rings (SSSR count). The van der Waals surface area contributed by atoms with Crippen molar-refractivity contribution in [2.24, 2.45) is 0 Å². The fourth-order valence-electron chi connectivity index (χ4n) is 2.04. The van der Waals surface area contributed by atoms with Crippen LogP contribution in [-0.2, 0) is 6.54 Å². The third-order valence-electron chi connectivity index (χ3n) is 3.10. The van der Waals surface area contributed by atoms with E-state index in [1.165, 1.54) is 31.6 Å². The van der Waals surface area contributed by atoms with Crippen LogP contribution in [0.3, 0.4) is 0 Å². The van der Waals surface area contributed by atoms with Gasteiger partial charge in [-0.3, -0.25) is 9.58 Å². The predicted octanol–water partition coefficient (Wildman–Crippen LogP) is 2.82. The highest BCUT2D eigenvalue weighted by Gasteiger charge is 2.17. The van der Waals surface area contributed by atoms with Gasteiger partial charge in [-0.2, -0.15) is 5.10 Å². The van der Waals surface area contributed by atoms with Gasteiger partial charge in [-0.1, -0.05) is 15.9 Å². The highest BCUT2D eigenvalue weighted by atomic mass is 79.9. The standard InChI is InChI=1S/C12H20BrN3/c1-10(2)16-8-5-12(14-16)9-15-6-3-11(13)4-7-15/h5,8,10-11H,3-4,6-7,9H2,1-2H3. The van der Waals surface area contributed by atoms with Crippen LogP contribution in [0, 0.1) is 0 Å². The Morgan fingerprint density at radius 3 is 2.69 bits per heavy atom. The molecule has 1 aromatic heterocycles. The predicted molar refractivity (Wildman–Crippen MR) is 69.8 cm³/mol. The van der Waals surface area contributed by atoms with Crippen LogP contribution < -0.4 is 0 Å². The zero-order chi connectivity index (χ0) is 11.5. The summed E-state index contributed by atoms with van der Waals surface area (Å²) in [6, 6.07) is 2.60. The molecule has 1 aliphatic rings. The van der Waals surface area contributed by atoms with Crippen LogP contribution in [0.25, 0.3) is 0 Å². The number of nitrogens with zero attached hydrogens (tertiary/aromatic N) is 3. The molecule has 0 unspecified atom stereocenters. The molecule has 0 radical (unpaired) electrons. The summed E-state index contributed by atoms with van der Waals surface area (Å²) < 4.78 is 2.03. The Labute approximate surface area is 106 Å². The minimum atomic E-state index is 0.460. The van der Waals surface area contributed by atoms with Gasteiger partial charge >= 0.3 is 0 Å². The smallest absolute Gasteiger partial charge is 0.0764 e. The summed E-state index contributed by atoms with van der Waals surface area (Å²) in [4.78, 5) is 3.21. The van der Waals surface area contributed by atoms with Crippen molar-refractivity contribution >= 4 is 15.9 Å². The number of likely N-dealkylation sites (tertiary alicyclic amines) is 1. The number of rotatable bonds is 3. The second-order valence-corrected chi connectivity index (χ2v) is 6.13. The number of aromatic nitrogens is 2. The Balaban J connectivity index is 1.88. The summed E-state index contributed by atoms with van der Waals surface area (Å²) in [7, 11) is 0. The van der Waals surface area contributed by atoms with Crippen molar-refractivity contribution in [1.29, 1.82) is 0 Å². The van der Waals surface area contributed by atoms with Crippen molar-refractivity contribution in [1.82, 2.24) is 14.7 Å². The summed E-state index contributed by atoms with van der Waals surface area (Å²) >= 11 is 3.68.